The van der Waals surface area contributed by atoms with Crippen molar-refractivity contribution < 1.29 is 4.79 Å². The quantitative estimate of drug-likeness (QED) is 0.405. The Kier molecular flexibility index (Phi) is 6.36. The minimum Gasteiger partial charge on any atom is -0.370 e. The average molecular weight is 476 g/mol. The molecule has 4 rings (SSSR count). The number of nitrogens with zero attached hydrogens (tertiary/aromatic N) is 2. The average Bonchev–Trinajstić information content (AvgIpc) is 3.11. The van der Waals surface area contributed by atoms with Gasteiger partial charge in [-0.05, 0) is 60.6 Å². The van der Waals surface area contributed by atoms with Gasteiger partial charge in [-0.3, -0.25) is 9.79 Å². The summed E-state index contributed by atoms with van der Waals surface area (Å²) in [7, 11) is 0. The third-order valence-electron chi connectivity index (χ3n) is 5.21. The summed E-state index contributed by atoms with van der Waals surface area (Å²) >= 11 is 0. The molecule has 1 aliphatic heterocycles. The molecule has 6 heteroatoms. The number of aryl methyl sites for hydroxylation is 2. The third-order valence-corrected chi connectivity index (χ3v) is 5.21. The molecule has 0 aromatic heterocycles. The molecule has 0 saturated carbocycles. The summed E-state index contributed by atoms with van der Waals surface area (Å²) in [5.74, 6) is 0.486. The van der Waals surface area contributed by atoms with Crippen LogP contribution in [-0.2, 0) is 19.3 Å². The molecular weight excluding hydrogens is 451 g/mol. The number of anilines is 1. The van der Waals surface area contributed by atoms with Crippen molar-refractivity contribution in [1.82, 2.24) is 4.90 Å². The first-order valence-corrected chi connectivity index (χ1v) is 9.26. The highest BCUT2D eigenvalue weighted by Gasteiger charge is 2.23. The summed E-state index contributed by atoms with van der Waals surface area (Å²) in [5, 5.41) is 3.16. The van der Waals surface area contributed by atoms with Crippen LogP contribution in [0.5, 0.6) is 0 Å². The highest BCUT2D eigenvalue weighted by atomic mass is 127. The SMILES string of the molecule is I.NC(=NCCN1CCc2ccccc2C1=O)Nc1ccc2c(c1)CCC2. The van der Waals surface area contributed by atoms with E-state index in [1.165, 1.54) is 24.0 Å². The van der Waals surface area contributed by atoms with Gasteiger partial charge in [-0.25, -0.2) is 0 Å². The lowest BCUT2D eigenvalue weighted by molar-refractivity contribution is 0.0745. The number of nitrogens with one attached hydrogen (secondary N) is 1. The molecular formula is C21H25IN4O. The molecule has 142 valence electrons. The second-order valence-corrected chi connectivity index (χ2v) is 6.93. The molecule has 3 N–H and O–H groups in total. The molecule has 1 heterocycles. The van der Waals surface area contributed by atoms with Crippen molar-refractivity contribution in [2.45, 2.75) is 25.7 Å². The van der Waals surface area contributed by atoms with Gasteiger partial charge in [0.25, 0.3) is 5.91 Å². The number of guanidine groups is 1. The number of hydrogen-bond donors (Lipinski definition) is 2. The van der Waals surface area contributed by atoms with Gasteiger partial charge in [-0.15, -0.1) is 24.0 Å². The Morgan fingerprint density at radius 2 is 1.89 bits per heavy atom. The van der Waals surface area contributed by atoms with Crippen LogP contribution in [0, 0.1) is 0 Å². The number of halogens is 1. The van der Waals surface area contributed by atoms with E-state index in [1.807, 2.05) is 29.2 Å². The zero-order valence-electron chi connectivity index (χ0n) is 15.3. The molecule has 5 nitrogen and oxygen atoms in total. The Hall–Kier alpha value is -2.09. The second kappa shape index (κ2) is 8.73. The first-order chi connectivity index (χ1) is 12.7. The van der Waals surface area contributed by atoms with Crippen molar-refractivity contribution in [3.63, 3.8) is 0 Å². The van der Waals surface area contributed by atoms with Gasteiger partial charge in [0.15, 0.2) is 5.96 Å². The van der Waals surface area contributed by atoms with Gasteiger partial charge in [-0.2, -0.15) is 0 Å². The van der Waals surface area contributed by atoms with Crippen molar-refractivity contribution >= 4 is 41.5 Å². The maximum atomic E-state index is 12.5. The highest BCUT2D eigenvalue weighted by Crippen LogP contribution is 2.24. The molecule has 1 aliphatic carbocycles. The van der Waals surface area contributed by atoms with Gasteiger partial charge in [0.1, 0.15) is 0 Å². The maximum absolute atomic E-state index is 12.5. The van der Waals surface area contributed by atoms with Gasteiger partial charge in [-0.1, -0.05) is 24.3 Å². The van der Waals surface area contributed by atoms with Crippen LogP contribution < -0.4 is 11.1 Å². The Bertz CT molecular complexity index is 865. The Balaban J connectivity index is 0.00000210. The van der Waals surface area contributed by atoms with Crippen molar-refractivity contribution in [3.8, 4) is 0 Å². The number of amides is 1. The van der Waals surface area contributed by atoms with E-state index >= 15 is 0 Å². The fourth-order valence-electron chi connectivity index (χ4n) is 3.82. The topological polar surface area (TPSA) is 70.7 Å². The van der Waals surface area contributed by atoms with Crippen LogP contribution in [0.15, 0.2) is 47.5 Å². The summed E-state index contributed by atoms with van der Waals surface area (Å²) in [6.45, 7) is 1.82. The van der Waals surface area contributed by atoms with E-state index in [0.717, 1.165) is 36.2 Å². The zero-order valence-corrected chi connectivity index (χ0v) is 17.6. The number of carbonyl (C=O) groups excluding carboxylic acids is 1. The number of rotatable bonds is 4. The monoisotopic (exact) mass is 476 g/mol. The van der Waals surface area contributed by atoms with Crippen molar-refractivity contribution in [3.05, 3.63) is 64.7 Å². The lowest BCUT2D eigenvalue weighted by Crippen LogP contribution is -2.39. The molecule has 2 aromatic rings. The predicted molar refractivity (Wildman–Crippen MR) is 120 cm³/mol. The summed E-state index contributed by atoms with van der Waals surface area (Å²) in [4.78, 5) is 18.8. The molecule has 1 amide bonds. The van der Waals surface area contributed by atoms with Crippen molar-refractivity contribution in [2.24, 2.45) is 10.7 Å². The summed E-state index contributed by atoms with van der Waals surface area (Å²) < 4.78 is 0. The summed E-state index contributed by atoms with van der Waals surface area (Å²) in [6, 6.07) is 14.2. The van der Waals surface area contributed by atoms with Crippen LogP contribution in [0.1, 0.15) is 33.5 Å². The van der Waals surface area contributed by atoms with E-state index in [4.69, 9.17) is 5.73 Å². The number of fused-ring (bicyclic) bond motifs is 2. The molecule has 0 unspecified atom stereocenters. The molecule has 0 spiro atoms. The number of benzene rings is 2. The zero-order chi connectivity index (χ0) is 17.9. The third kappa shape index (κ3) is 4.43. The molecule has 0 radical (unpaired) electrons. The minimum atomic E-state index is 0. The van der Waals surface area contributed by atoms with Crippen LogP contribution in [0.2, 0.25) is 0 Å². The Morgan fingerprint density at radius 3 is 2.78 bits per heavy atom. The Morgan fingerprint density at radius 1 is 1.07 bits per heavy atom. The van der Waals surface area contributed by atoms with Gasteiger partial charge in [0.05, 0.1) is 6.54 Å². The van der Waals surface area contributed by atoms with Gasteiger partial charge < -0.3 is 16.0 Å². The normalized spacial score (nSPS) is 15.8. The number of carbonyl (C=O) groups is 1. The molecule has 0 atom stereocenters. The van der Waals surface area contributed by atoms with E-state index in [0.29, 0.717) is 19.0 Å². The molecule has 0 bridgehead atoms. The van der Waals surface area contributed by atoms with Gasteiger partial charge in [0, 0.05) is 24.3 Å². The van der Waals surface area contributed by atoms with E-state index in [2.05, 4.69) is 28.5 Å². The van der Waals surface area contributed by atoms with Crippen LogP contribution >= 0.6 is 24.0 Å². The predicted octanol–water partition coefficient (Wildman–Crippen LogP) is 3.22. The minimum absolute atomic E-state index is 0. The largest absolute Gasteiger partial charge is 0.370 e. The van der Waals surface area contributed by atoms with E-state index in [9.17, 15) is 4.79 Å². The standard InChI is InChI=1S/C21H24N4O.HI/c22-21(24-18-9-8-15-5-3-6-17(15)14-18)23-11-13-25-12-10-16-4-1-2-7-19(16)20(25)26;/h1-2,4,7-9,14H,3,5-6,10-13H2,(H3,22,23,24);1H. The summed E-state index contributed by atoms with van der Waals surface area (Å²) in [5.41, 5.74) is 11.8. The number of hydrogen-bond acceptors (Lipinski definition) is 2. The van der Waals surface area contributed by atoms with Gasteiger partial charge >= 0.3 is 0 Å². The van der Waals surface area contributed by atoms with Crippen molar-refractivity contribution in [2.75, 3.05) is 25.0 Å². The van der Waals surface area contributed by atoms with E-state index in [-0.39, 0.29) is 29.9 Å². The molecule has 27 heavy (non-hydrogen) atoms. The lowest BCUT2D eigenvalue weighted by Gasteiger charge is -2.28. The van der Waals surface area contributed by atoms with Gasteiger partial charge in [0.2, 0.25) is 0 Å². The van der Waals surface area contributed by atoms with Crippen LogP contribution in [0.4, 0.5) is 5.69 Å². The van der Waals surface area contributed by atoms with Crippen LogP contribution in [-0.4, -0.2) is 36.4 Å². The lowest BCUT2D eigenvalue weighted by atomic mass is 9.99. The first kappa shape index (κ1) is 19.7. The summed E-state index contributed by atoms with van der Waals surface area (Å²) in [6.07, 6.45) is 4.44. The fraction of sp³-hybridized carbons (Fsp3) is 0.333. The molecule has 0 fully saturated rings. The van der Waals surface area contributed by atoms with E-state index < -0.39 is 0 Å². The maximum Gasteiger partial charge on any atom is 0.254 e. The highest BCUT2D eigenvalue weighted by molar-refractivity contribution is 14.0. The number of aliphatic imine (C=N–C) groups is 1. The van der Waals surface area contributed by atoms with Crippen LogP contribution in [0.25, 0.3) is 0 Å². The molecule has 0 saturated heterocycles. The fourth-order valence-corrected chi connectivity index (χ4v) is 3.82. The molecule has 2 aromatic carbocycles. The number of nitrogens with two attached hydrogens (primary N) is 1. The molecule has 2 aliphatic rings. The van der Waals surface area contributed by atoms with Crippen LogP contribution in [0.3, 0.4) is 0 Å². The smallest absolute Gasteiger partial charge is 0.254 e. The first-order valence-electron chi connectivity index (χ1n) is 9.26. The van der Waals surface area contributed by atoms with E-state index in [1.54, 1.807) is 0 Å². The second-order valence-electron chi connectivity index (χ2n) is 6.93. The van der Waals surface area contributed by atoms with Crippen molar-refractivity contribution in [1.29, 1.82) is 0 Å². The Labute approximate surface area is 177 Å².